The average Bonchev–Trinajstić information content (AvgIpc) is 3.44. The fraction of sp³-hybridized carbons (Fsp3) is 0.286. The summed E-state index contributed by atoms with van der Waals surface area (Å²) in [5.74, 6) is 1.09. The Labute approximate surface area is 210 Å². The average molecular weight is 583 g/mol. The van der Waals surface area contributed by atoms with E-state index in [4.69, 9.17) is 15.2 Å². The van der Waals surface area contributed by atoms with Crippen LogP contribution in [0.3, 0.4) is 0 Å². The third-order valence-corrected chi connectivity index (χ3v) is 14.6. The van der Waals surface area contributed by atoms with Crippen LogP contribution in [-0.2, 0) is 4.79 Å². The molecule has 1 amide bonds. The Hall–Kier alpha value is -3.07. The van der Waals surface area contributed by atoms with Crippen molar-refractivity contribution in [2.24, 2.45) is 16.6 Å². The SMILES string of the molecule is C=I12C=C[NH+]=C(N)C1=C(c1cc3ccccc3[nH]1)N=C2C1CCN(C(=O)C(C=CCC)=CC)CC1. The van der Waals surface area contributed by atoms with Crippen LogP contribution in [0.1, 0.15) is 38.8 Å². The number of amides is 1. The number of benzene rings is 1. The number of aromatic amines is 1. The summed E-state index contributed by atoms with van der Waals surface area (Å²) < 4.78 is 9.37. The van der Waals surface area contributed by atoms with Crippen molar-refractivity contribution in [1.82, 2.24) is 9.88 Å². The third kappa shape index (κ3) is 4.16. The molecule has 6 nitrogen and oxygen atoms in total. The van der Waals surface area contributed by atoms with Gasteiger partial charge >= 0.3 is 211 Å². The van der Waals surface area contributed by atoms with E-state index in [2.05, 4.69) is 39.2 Å². The molecule has 0 saturated carbocycles. The molecule has 4 heterocycles. The van der Waals surface area contributed by atoms with Gasteiger partial charge in [0.25, 0.3) is 0 Å². The van der Waals surface area contributed by atoms with Crippen molar-refractivity contribution >= 4 is 54.5 Å². The summed E-state index contributed by atoms with van der Waals surface area (Å²) in [6.07, 6.45) is 10.5. The summed E-state index contributed by atoms with van der Waals surface area (Å²) in [6, 6.07) is 10.4. The molecule has 182 valence electrons. The Balaban J connectivity index is 1.43. The van der Waals surface area contributed by atoms with Gasteiger partial charge in [-0.05, 0) is 0 Å². The number of hydrogen-bond donors (Lipinski definition) is 3. The number of hydrogen-bond acceptors (Lipinski definition) is 3. The summed E-state index contributed by atoms with van der Waals surface area (Å²) in [5, 5.41) is 1.15. The van der Waals surface area contributed by atoms with Gasteiger partial charge in [-0.1, -0.05) is 0 Å². The maximum absolute atomic E-state index is 13.0. The molecule has 0 spiro atoms. The van der Waals surface area contributed by atoms with Crippen LogP contribution in [-0.4, -0.2) is 42.9 Å². The molecular weight excluding hydrogens is 549 g/mol. The maximum atomic E-state index is 13.0. The molecule has 2 aromatic rings. The number of piperidine rings is 1. The molecule has 3 aliphatic heterocycles. The Kier molecular flexibility index (Phi) is 6.44. The van der Waals surface area contributed by atoms with Crippen LogP contribution in [0, 0.1) is 5.92 Å². The van der Waals surface area contributed by atoms with E-state index in [1.807, 2.05) is 48.4 Å². The minimum atomic E-state index is -2.99. The van der Waals surface area contributed by atoms with Crippen LogP contribution in [0.4, 0.5) is 0 Å². The van der Waals surface area contributed by atoms with E-state index in [0.717, 1.165) is 63.8 Å². The van der Waals surface area contributed by atoms with E-state index >= 15 is 0 Å². The second kappa shape index (κ2) is 9.53. The van der Waals surface area contributed by atoms with Crippen LogP contribution in [0.25, 0.3) is 16.6 Å². The van der Waals surface area contributed by atoms with Crippen LogP contribution in [0.5, 0.6) is 0 Å². The molecule has 1 saturated heterocycles. The van der Waals surface area contributed by atoms with Gasteiger partial charge in [0.15, 0.2) is 0 Å². The van der Waals surface area contributed by atoms with Gasteiger partial charge in [0.1, 0.15) is 0 Å². The summed E-state index contributed by atoms with van der Waals surface area (Å²) >= 11 is -2.99. The summed E-state index contributed by atoms with van der Waals surface area (Å²) in [6.45, 7) is 5.47. The van der Waals surface area contributed by atoms with Gasteiger partial charge in [0.05, 0.1) is 0 Å². The molecule has 0 bridgehead atoms. The van der Waals surface area contributed by atoms with Crippen molar-refractivity contribution in [3.05, 3.63) is 73.7 Å². The summed E-state index contributed by atoms with van der Waals surface area (Å²) in [7, 11) is 0. The zero-order valence-corrected chi connectivity index (χ0v) is 22.5. The van der Waals surface area contributed by atoms with Crippen molar-refractivity contribution in [1.29, 1.82) is 0 Å². The number of amidine groups is 1. The van der Waals surface area contributed by atoms with Crippen LogP contribution >= 0.6 is 18.0 Å². The number of nitrogens with one attached hydrogen (secondary N) is 2. The number of likely N-dealkylation sites (tertiary alicyclic amines) is 1. The number of para-hydroxylation sites is 1. The number of fused-ring (bicyclic) bond motifs is 2. The molecular formula is C28H33IN5O+. The van der Waals surface area contributed by atoms with Gasteiger partial charge < -0.3 is 0 Å². The first kappa shape index (κ1) is 23.7. The van der Waals surface area contributed by atoms with Gasteiger partial charge in [-0.25, -0.2) is 0 Å². The molecule has 35 heavy (non-hydrogen) atoms. The molecule has 3 aliphatic rings. The van der Waals surface area contributed by atoms with E-state index in [-0.39, 0.29) is 5.91 Å². The molecule has 5 rings (SSSR count). The topological polar surface area (TPSA) is 88.4 Å². The van der Waals surface area contributed by atoms with E-state index in [0.29, 0.717) is 11.8 Å². The standard InChI is InChI=1S/C28H32IN5O/c1-4-6-9-19(5-2)28(35)34-16-12-20(13-17-34)26-29(3)14-15-31-27(30)24(29)25(33-26)23-18-21-10-7-8-11-22(21)32-23/h5-11,14-15,18,20,32H,3-4,12-13,16-17H2,1-2H3,(H2,30,31)/p+1. The monoisotopic (exact) mass is 582 g/mol. The predicted molar refractivity (Wildman–Crippen MR) is 156 cm³/mol. The molecule has 4 N–H and O–H groups in total. The summed E-state index contributed by atoms with van der Waals surface area (Å²) in [5.41, 5.74) is 10.3. The number of nitrogens with zero attached hydrogens (tertiary/aromatic N) is 2. The molecule has 1 fully saturated rings. The quantitative estimate of drug-likeness (QED) is 0.285. The van der Waals surface area contributed by atoms with E-state index < -0.39 is 18.0 Å². The first-order chi connectivity index (χ1) is 17.0. The number of carbonyl (C=O) groups excluding carboxylic acids is 1. The zero-order chi connectivity index (χ0) is 24.6. The molecule has 7 heteroatoms. The van der Waals surface area contributed by atoms with Crippen molar-refractivity contribution in [3.8, 4) is 0 Å². The zero-order valence-electron chi connectivity index (χ0n) is 20.4. The Morgan fingerprint density at radius 2 is 2.11 bits per heavy atom. The van der Waals surface area contributed by atoms with Crippen LogP contribution < -0.4 is 10.7 Å². The van der Waals surface area contributed by atoms with E-state index in [9.17, 15) is 4.79 Å². The van der Waals surface area contributed by atoms with Crippen molar-refractivity contribution < 1.29 is 9.79 Å². The van der Waals surface area contributed by atoms with Crippen LogP contribution in [0.15, 0.2) is 73.0 Å². The Morgan fingerprint density at radius 3 is 2.83 bits per heavy atom. The normalized spacial score (nSPS) is 25.1. The number of aliphatic imine (C=N–C) groups is 1. The number of carbonyl (C=O) groups is 1. The van der Waals surface area contributed by atoms with Gasteiger partial charge in [-0.2, -0.15) is 0 Å². The molecule has 1 atom stereocenters. The van der Waals surface area contributed by atoms with Gasteiger partial charge in [0, 0.05) is 0 Å². The van der Waals surface area contributed by atoms with Crippen molar-refractivity contribution in [3.63, 3.8) is 0 Å². The Morgan fingerprint density at radius 1 is 1.34 bits per heavy atom. The first-order valence-electron chi connectivity index (χ1n) is 12.1. The number of rotatable bonds is 5. The molecule has 1 aromatic heterocycles. The van der Waals surface area contributed by atoms with Gasteiger partial charge in [-0.3, -0.25) is 0 Å². The molecule has 1 aromatic carbocycles. The van der Waals surface area contributed by atoms with Gasteiger partial charge in [0.2, 0.25) is 0 Å². The fourth-order valence-electron chi connectivity index (χ4n) is 5.00. The predicted octanol–water partition coefficient (Wildman–Crippen LogP) is 3.80. The molecule has 1 unspecified atom stereocenters. The van der Waals surface area contributed by atoms with Gasteiger partial charge in [-0.15, -0.1) is 0 Å². The van der Waals surface area contributed by atoms with Crippen molar-refractivity contribution in [2.45, 2.75) is 33.1 Å². The number of aromatic nitrogens is 1. The fourth-order valence-corrected chi connectivity index (χ4v) is 12.5. The van der Waals surface area contributed by atoms with Crippen molar-refractivity contribution in [2.75, 3.05) is 13.1 Å². The van der Waals surface area contributed by atoms with E-state index in [1.165, 1.54) is 3.72 Å². The van der Waals surface area contributed by atoms with Crippen LogP contribution in [0.2, 0.25) is 0 Å². The second-order valence-corrected chi connectivity index (χ2v) is 16.2. The number of allylic oxidation sites excluding steroid dienone is 2. The Bertz CT molecular complexity index is 1380. The number of H-pyrrole nitrogens is 1. The number of halogens is 1. The summed E-state index contributed by atoms with van der Waals surface area (Å²) in [4.78, 5) is 27.0. The third-order valence-electron chi connectivity index (χ3n) is 6.86. The first-order valence-corrected chi connectivity index (χ1v) is 17.1. The second-order valence-electron chi connectivity index (χ2n) is 9.07. The minimum absolute atomic E-state index is 0.117. The molecule has 0 radical (unpaired) electrons. The molecule has 0 aliphatic carbocycles. The van der Waals surface area contributed by atoms with E-state index in [1.54, 1.807) is 0 Å². The number of nitrogens with two attached hydrogens (primary N) is 1.